The van der Waals surface area contributed by atoms with Gasteiger partial charge in [0, 0.05) is 11.5 Å². The molecule has 0 saturated heterocycles. The molecule has 1 aliphatic carbocycles. The fraction of sp³-hybridized carbons (Fsp3) is 0.385. The van der Waals surface area contributed by atoms with E-state index in [9.17, 15) is 14.0 Å². The van der Waals surface area contributed by atoms with E-state index in [1.807, 2.05) is 0 Å². The van der Waals surface area contributed by atoms with Crippen molar-refractivity contribution in [2.45, 2.75) is 18.9 Å². The highest BCUT2D eigenvalue weighted by Crippen LogP contribution is 2.36. The average molecular weight is 252 g/mol. The van der Waals surface area contributed by atoms with Crippen LogP contribution in [0, 0.1) is 11.7 Å². The van der Waals surface area contributed by atoms with Gasteiger partial charge in [-0.2, -0.15) is 0 Å². The maximum Gasteiger partial charge on any atom is 0.347 e. The maximum atomic E-state index is 13.6. The van der Waals surface area contributed by atoms with E-state index in [0.29, 0.717) is 6.29 Å². The summed E-state index contributed by atoms with van der Waals surface area (Å²) in [4.78, 5) is 22.0. The van der Waals surface area contributed by atoms with E-state index in [2.05, 4.69) is 4.74 Å². The summed E-state index contributed by atoms with van der Waals surface area (Å²) in [6.07, 6.45) is 1.51. The highest BCUT2D eigenvalue weighted by atomic mass is 19.1. The zero-order chi connectivity index (χ0) is 13.1. The Labute approximate surface area is 104 Å². The number of carbonyl (C=O) groups is 2. The summed E-state index contributed by atoms with van der Waals surface area (Å²) < 4.78 is 23.6. The molecule has 1 aromatic carbocycles. The molecule has 1 fully saturated rings. The minimum atomic E-state index is -0.772. The molecule has 1 saturated carbocycles. The van der Waals surface area contributed by atoms with Crippen molar-refractivity contribution in [1.29, 1.82) is 0 Å². The van der Waals surface area contributed by atoms with Crippen LogP contribution < -0.4 is 4.74 Å². The van der Waals surface area contributed by atoms with Crippen LogP contribution in [0.4, 0.5) is 4.39 Å². The molecule has 0 aromatic heterocycles. The van der Waals surface area contributed by atoms with Gasteiger partial charge < -0.3 is 9.47 Å². The zero-order valence-corrected chi connectivity index (χ0v) is 9.89. The van der Waals surface area contributed by atoms with E-state index in [4.69, 9.17) is 4.74 Å². The second-order valence-electron chi connectivity index (χ2n) is 4.21. The molecular formula is C13H13FO4. The van der Waals surface area contributed by atoms with Crippen LogP contribution in [0.15, 0.2) is 18.2 Å². The lowest BCUT2D eigenvalue weighted by atomic mass is 10.2. The number of halogens is 1. The highest BCUT2D eigenvalue weighted by molar-refractivity contribution is 5.76. The Kier molecular flexibility index (Phi) is 3.60. The Morgan fingerprint density at radius 3 is 2.72 bits per heavy atom. The molecule has 0 radical (unpaired) electrons. The van der Waals surface area contributed by atoms with Crippen molar-refractivity contribution in [2.75, 3.05) is 7.11 Å². The smallest absolute Gasteiger partial charge is 0.347 e. The molecule has 1 aliphatic rings. The molecule has 5 heteroatoms. The first-order valence-corrected chi connectivity index (χ1v) is 5.65. The monoisotopic (exact) mass is 252 g/mol. The number of benzene rings is 1. The van der Waals surface area contributed by atoms with Crippen LogP contribution >= 0.6 is 0 Å². The van der Waals surface area contributed by atoms with Crippen LogP contribution in [-0.4, -0.2) is 25.5 Å². The second kappa shape index (κ2) is 5.16. The predicted molar refractivity (Wildman–Crippen MR) is 60.9 cm³/mol. The summed E-state index contributed by atoms with van der Waals surface area (Å²) in [7, 11) is 1.27. The molecule has 0 N–H and O–H groups in total. The lowest BCUT2D eigenvalue weighted by Gasteiger charge is -2.16. The van der Waals surface area contributed by atoms with Gasteiger partial charge in [-0.1, -0.05) is 0 Å². The number of methoxy groups -OCH3 is 1. The summed E-state index contributed by atoms with van der Waals surface area (Å²) >= 11 is 0. The van der Waals surface area contributed by atoms with E-state index in [0.717, 1.165) is 18.9 Å². The third-order valence-corrected chi connectivity index (χ3v) is 2.83. The number of rotatable bonds is 5. The molecule has 1 atom stereocenters. The fourth-order valence-corrected chi connectivity index (χ4v) is 1.67. The van der Waals surface area contributed by atoms with E-state index >= 15 is 0 Å². The van der Waals surface area contributed by atoms with Crippen LogP contribution in [0.3, 0.4) is 0 Å². The third kappa shape index (κ3) is 2.67. The Morgan fingerprint density at radius 1 is 1.50 bits per heavy atom. The molecule has 2 rings (SSSR count). The van der Waals surface area contributed by atoms with Gasteiger partial charge in [-0.05, 0) is 31.0 Å². The first-order chi connectivity index (χ1) is 8.65. The standard InChI is InChI=1S/C13H13FO4/c1-17-13(16)12(9-3-4-9)18-11-5-2-8(7-15)6-10(11)14/h2,5-7,9,12H,3-4H2,1H3. The summed E-state index contributed by atoms with van der Waals surface area (Å²) in [5.74, 6) is -1.11. The van der Waals surface area contributed by atoms with Gasteiger partial charge >= 0.3 is 5.97 Å². The minimum absolute atomic E-state index is 0.0390. The molecule has 96 valence electrons. The largest absolute Gasteiger partial charge is 0.475 e. The number of hydrogen-bond donors (Lipinski definition) is 0. The third-order valence-electron chi connectivity index (χ3n) is 2.83. The molecule has 1 unspecified atom stereocenters. The van der Waals surface area contributed by atoms with Crippen LogP contribution in [0.25, 0.3) is 0 Å². The Hall–Kier alpha value is -1.91. The van der Waals surface area contributed by atoms with E-state index in [1.165, 1.54) is 19.2 Å². The molecule has 0 bridgehead atoms. The van der Waals surface area contributed by atoms with Crippen molar-refractivity contribution in [3.05, 3.63) is 29.6 Å². The highest BCUT2D eigenvalue weighted by Gasteiger charge is 2.39. The van der Waals surface area contributed by atoms with Crippen LogP contribution in [0.1, 0.15) is 23.2 Å². The van der Waals surface area contributed by atoms with Crippen molar-refractivity contribution in [1.82, 2.24) is 0 Å². The van der Waals surface area contributed by atoms with Gasteiger partial charge in [0.05, 0.1) is 7.11 Å². The van der Waals surface area contributed by atoms with E-state index in [-0.39, 0.29) is 17.2 Å². The van der Waals surface area contributed by atoms with Gasteiger partial charge in [0.2, 0.25) is 0 Å². The van der Waals surface area contributed by atoms with Gasteiger partial charge in [0.15, 0.2) is 17.7 Å². The van der Waals surface area contributed by atoms with Crippen molar-refractivity contribution >= 4 is 12.3 Å². The van der Waals surface area contributed by atoms with Crippen molar-refractivity contribution in [3.63, 3.8) is 0 Å². The van der Waals surface area contributed by atoms with Crippen LogP contribution in [0.5, 0.6) is 5.75 Å². The minimum Gasteiger partial charge on any atom is -0.475 e. The van der Waals surface area contributed by atoms with Gasteiger partial charge in [-0.15, -0.1) is 0 Å². The predicted octanol–water partition coefficient (Wildman–Crippen LogP) is 1.97. The molecule has 4 nitrogen and oxygen atoms in total. The number of hydrogen-bond acceptors (Lipinski definition) is 4. The Bertz CT molecular complexity index is 468. The Morgan fingerprint density at radius 2 is 2.22 bits per heavy atom. The lowest BCUT2D eigenvalue weighted by Crippen LogP contribution is -2.31. The number of aldehydes is 1. The lowest BCUT2D eigenvalue weighted by molar-refractivity contribution is -0.149. The normalized spacial score (nSPS) is 15.9. The van der Waals surface area contributed by atoms with Gasteiger partial charge in [0.1, 0.15) is 6.29 Å². The average Bonchev–Trinajstić information content (AvgIpc) is 3.20. The maximum absolute atomic E-state index is 13.6. The first-order valence-electron chi connectivity index (χ1n) is 5.65. The zero-order valence-electron chi connectivity index (χ0n) is 9.89. The first kappa shape index (κ1) is 12.5. The quantitative estimate of drug-likeness (QED) is 0.594. The summed E-state index contributed by atoms with van der Waals surface area (Å²) in [5, 5.41) is 0. The number of carbonyl (C=O) groups excluding carboxylic acids is 2. The molecule has 1 aromatic rings. The van der Waals surface area contributed by atoms with Gasteiger partial charge in [-0.25, -0.2) is 9.18 Å². The van der Waals surface area contributed by atoms with Crippen molar-refractivity contribution in [2.24, 2.45) is 5.92 Å². The molecule has 0 aliphatic heterocycles. The van der Waals surface area contributed by atoms with Crippen LogP contribution in [0.2, 0.25) is 0 Å². The van der Waals surface area contributed by atoms with E-state index in [1.54, 1.807) is 0 Å². The molecule has 0 heterocycles. The van der Waals surface area contributed by atoms with Crippen molar-refractivity contribution < 1.29 is 23.5 Å². The van der Waals surface area contributed by atoms with Crippen LogP contribution in [-0.2, 0) is 9.53 Å². The Balaban J connectivity index is 2.16. The van der Waals surface area contributed by atoms with Gasteiger partial charge in [-0.3, -0.25) is 4.79 Å². The molecule has 0 spiro atoms. The fourth-order valence-electron chi connectivity index (χ4n) is 1.67. The topological polar surface area (TPSA) is 52.6 Å². The second-order valence-corrected chi connectivity index (χ2v) is 4.21. The number of ether oxygens (including phenoxy) is 2. The SMILES string of the molecule is COC(=O)C(Oc1ccc(C=O)cc1F)C1CC1. The summed E-state index contributed by atoms with van der Waals surface area (Å²) in [6.45, 7) is 0. The summed E-state index contributed by atoms with van der Waals surface area (Å²) in [6, 6.07) is 3.85. The number of esters is 1. The summed E-state index contributed by atoms with van der Waals surface area (Å²) in [5.41, 5.74) is 0.223. The van der Waals surface area contributed by atoms with Gasteiger partial charge in [0.25, 0.3) is 0 Å². The van der Waals surface area contributed by atoms with E-state index < -0.39 is 17.9 Å². The molecule has 0 amide bonds. The molecule has 18 heavy (non-hydrogen) atoms. The molecular weight excluding hydrogens is 239 g/mol. The van der Waals surface area contributed by atoms with Crippen molar-refractivity contribution in [3.8, 4) is 5.75 Å².